The van der Waals surface area contributed by atoms with Gasteiger partial charge >= 0.3 is 5.97 Å². The van der Waals surface area contributed by atoms with Gasteiger partial charge in [-0.2, -0.15) is 4.31 Å². The fraction of sp³-hybridized carbons (Fsp3) is 0.294. The van der Waals surface area contributed by atoms with Crippen LogP contribution in [0, 0.1) is 11.7 Å². The van der Waals surface area contributed by atoms with Gasteiger partial charge in [-0.05, 0) is 49.2 Å². The van der Waals surface area contributed by atoms with Crippen molar-refractivity contribution in [3.05, 3.63) is 48.0 Å². The fourth-order valence-corrected chi connectivity index (χ4v) is 4.22. The number of carboxylic acid groups (broad SMARTS) is 1. The molecule has 2 aromatic rings. The van der Waals surface area contributed by atoms with Gasteiger partial charge in [-0.25, -0.2) is 17.6 Å². The summed E-state index contributed by atoms with van der Waals surface area (Å²) in [5, 5.41) is 11.1. The van der Waals surface area contributed by atoms with Crippen molar-refractivity contribution >= 4 is 27.6 Å². The van der Waals surface area contributed by atoms with Crippen molar-refractivity contribution < 1.29 is 31.9 Å². The number of rotatable bonds is 5. The van der Waals surface area contributed by atoms with E-state index >= 15 is 0 Å². The molecule has 1 saturated heterocycles. The highest BCUT2D eigenvalue weighted by Crippen LogP contribution is 2.26. The number of carboxylic acids is 1. The van der Waals surface area contributed by atoms with E-state index in [2.05, 4.69) is 5.32 Å². The monoisotopic (exact) mass is 396 g/mol. The highest BCUT2D eigenvalue weighted by atomic mass is 32.2. The molecular weight excluding hydrogens is 379 g/mol. The molecule has 8 nitrogen and oxygen atoms in total. The molecule has 0 bridgehead atoms. The lowest BCUT2D eigenvalue weighted by Gasteiger charge is -2.29. The van der Waals surface area contributed by atoms with Crippen molar-refractivity contribution in [2.45, 2.75) is 17.9 Å². The Kier molecular flexibility index (Phi) is 5.29. The number of carbonyl (C=O) groups is 2. The van der Waals surface area contributed by atoms with Crippen molar-refractivity contribution in [2.24, 2.45) is 5.92 Å². The summed E-state index contributed by atoms with van der Waals surface area (Å²) in [4.78, 5) is 23.1. The Morgan fingerprint density at radius 1 is 1.11 bits per heavy atom. The van der Waals surface area contributed by atoms with Gasteiger partial charge in [0.1, 0.15) is 5.82 Å². The Labute approximate surface area is 154 Å². The van der Waals surface area contributed by atoms with E-state index in [1.54, 1.807) is 0 Å². The first kappa shape index (κ1) is 19.1. The summed E-state index contributed by atoms with van der Waals surface area (Å²) in [7, 11) is -3.96. The number of hydrogen-bond acceptors (Lipinski definition) is 5. The first-order valence-corrected chi connectivity index (χ1v) is 9.61. The number of halogens is 1. The topological polar surface area (TPSA) is 117 Å². The van der Waals surface area contributed by atoms with E-state index in [1.807, 2.05) is 0 Å². The zero-order chi connectivity index (χ0) is 19.6. The zero-order valence-electron chi connectivity index (χ0n) is 14.1. The molecule has 0 aliphatic carbocycles. The molecule has 1 aliphatic rings. The molecule has 0 atom stereocenters. The summed E-state index contributed by atoms with van der Waals surface area (Å²) >= 11 is 0. The predicted molar refractivity (Wildman–Crippen MR) is 92.2 cm³/mol. The normalized spacial score (nSPS) is 16.2. The molecule has 1 amide bonds. The summed E-state index contributed by atoms with van der Waals surface area (Å²) in [5.74, 6) is -2.86. The van der Waals surface area contributed by atoms with Gasteiger partial charge < -0.3 is 14.8 Å². The lowest BCUT2D eigenvalue weighted by Crippen LogP contribution is -2.41. The highest BCUT2D eigenvalue weighted by Gasteiger charge is 2.34. The fourth-order valence-electron chi connectivity index (χ4n) is 2.84. The molecule has 1 aromatic carbocycles. The number of carbonyl (C=O) groups excluding carboxylic acids is 1. The van der Waals surface area contributed by atoms with Crippen LogP contribution >= 0.6 is 0 Å². The van der Waals surface area contributed by atoms with Crippen LogP contribution in [0.4, 0.5) is 10.1 Å². The van der Waals surface area contributed by atoms with Crippen molar-refractivity contribution in [2.75, 3.05) is 18.4 Å². The van der Waals surface area contributed by atoms with Crippen LogP contribution in [0.15, 0.2) is 45.9 Å². The van der Waals surface area contributed by atoms with Crippen LogP contribution < -0.4 is 5.32 Å². The van der Waals surface area contributed by atoms with Crippen molar-refractivity contribution in [1.82, 2.24) is 4.31 Å². The van der Waals surface area contributed by atoms with Gasteiger partial charge in [0.05, 0.1) is 0 Å². The van der Waals surface area contributed by atoms with Gasteiger partial charge in [0.2, 0.25) is 16.8 Å². The van der Waals surface area contributed by atoms with E-state index in [9.17, 15) is 22.4 Å². The van der Waals surface area contributed by atoms with Crippen LogP contribution in [0.1, 0.15) is 23.4 Å². The summed E-state index contributed by atoms with van der Waals surface area (Å²) in [5.41, 5.74) is 0.466. The number of aromatic carboxylic acids is 1. The lowest BCUT2D eigenvalue weighted by atomic mass is 9.97. The van der Waals surface area contributed by atoms with Crippen molar-refractivity contribution in [3.63, 3.8) is 0 Å². The van der Waals surface area contributed by atoms with Gasteiger partial charge in [0, 0.05) is 24.7 Å². The van der Waals surface area contributed by atoms with Crippen molar-refractivity contribution in [3.8, 4) is 0 Å². The van der Waals surface area contributed by atoms with Crippen molar-refractivity contribution in [1.29, 1.82) is 0 Å². The average molecular weight is 396 g/mol. The Hall–Kier alpha value is -2.72. The van der Waals surface area contributed by atoms with E-state index < -0.39 is 32.7 Å². The van der Waals surface area contributed by atoms with E-state index in [0.717, 1.165) is 12.1 Å². The van der Waals surface area contributed by atoms with Crippen LogP contribution in [0.3, 0.4) is 0 Å². The molecule has 2 N–H and O–H groups in total. The average Bonchev–Trinajstić information content (AvgIpc) is 3.15. The smallest absolute Gasteiger partial charge is 0.371 e. The molecule has 3 rings (SSSR count). The largest absolute Gasteiger partial charge is 0.475 e. The van der Waals surface area contributed by atoms with E-state index in [-0.39, 0.29) is 24.9 Å². The number of benzene rings is 1. The van der Waals surface area contributed by atoms with Crippen LogP contribution in [-0.2, 0) is 14.8 Å². The molecule has 2 heterocycles. The van der Waals surface area contributed by atoms with E-state index in [1.165, 1.54) is 28.6 Å². The third-order valence-corrected chi connectivity index (χ3v) is 6.10. The standard InChI is InChI=1S/C17H17FN2O6S/c18-12-1-3-13(4-2-12)19-16(21)11-7-9-20(10-8-11)27(24,25)15-6-5-14(26-15)17(22)23/h1-6,11H,7-10H2,(H,19,21)(H,22,23). The first-order chi connectivity index (χ1) is 12.8. The number of anilines is 1. The zero-order valence-corrected chi connectivity index (χ0v) is 14.9. The minimum Gasteiger partial charge on any atom is -0.475 e. The summed E-state index contributed by atoms with van der Waals surface area (Å²) < 4.78 is 44.0. The lowest BCUT2D eigenvalue weighted by molar-refractivity contribution is -0.120. The SMILES string of the molecule is O=C(O)c1ccc(S(=O)(=O)N2CCC(C(=O)Nc3ccc(F)cc3)CC2)o1. The van der Waals surface area contributed by atoms with E-state index in [0.29, 0.717) is 18.5 Å². The third-order valence-electron chi connectivity index (χ3n) is 4.32. The molecule has 0 spiro atoms. The maximum Gasteiger partial charge on any atom is 0.371 e. The molecule has 1 aromatic heterocycles. The number of furan rings is 1. The van der Waals surface area contributed by atoms with Gasteiger partial charge in [0.15, 0.2) is 0 Å². The van der Waals surface area contributed by atoms with Gasteiger partial charge in [-0.1, -0.05) is 0 Å². The molecular formula is C17H17FN2O6S. The maximum absolute atomic E-state index is 12.9. The number of piperidine rings is 1. The van der Waals surface area contributed by atoms with Gasteiger partial charge in [0.25, 0.3) is 10.0 Å². The first-order valence-electron chi connectivity index (χ1n) is 8.17. The molecule has 10 heteroatoms. The molecule has 27 heavy (non-hydrogen) atoms. The third kappa shape index (κ3) is 4.17. The number of amides is 1. The summed E-state index contributed by atoms with van der Waals surface area (Å²) in [6.07, 6.45) is 0.609. The highest BCUT2D eigenvalue weighted by molar-refractivity contribution is 7.89. The Morgan fingerprint density at radius 2 is 1.74 bits per heavy atom. The second-order valence-corrected chi connectivity index (χ2v) is 7.97. The minimum absolute atomic E-state index is 0.104. The second-order valence-electron chi connectivity index (χ2n) is 6.10. The molecule has 0 unspecified atom stereocenters. The van der Waals surface area contributed by atoms with Crippen LogP contribution in [0.5, 0.6) is 0 Å². The maximum atomic E-state index is 12.9. The second kappa shape index (κ2) is 7.49. The quantitative estimate of drug-likeness (QED) is 0.800. The molecule has 144 valence electrons. The van der Waals surface area contributed by atoms with Gasteiger partial charge in [-0.15, -0.1) is 0 Å². The number of sulfonamides is 1. The van der Waals surface area contributed by atoms with Crippen LogP contribution in [0.25, 0.3) is 0 Å². The van der Waals surface area contributed by atoms with Crippen LogP contribution in [0.2, 0.25) is 0 Å². The molecule has 1 aliphatic heterocycles. The Balaban J connectivity index is 1.61. The van der Waals surface area contributed by atoms with E-state index in [4.69, 9.17) is 9.52 Å². The number of hydrogen-bond donors (Lipinski definition) is 2. The summed E-state index contributed by atoms with van der Waals surface area (Å²) in [6.45, 7) is 0.208. The number of nitrogens with one attached hydrogen (secondary N) is 1. The molecule has 1 fully saturated rings. The summed E-state index contributed by atoms with van der Waals surface area (Å²) in [6, 6.07) is 7.55. The molecule has 0 radical (unpaired) electrons. The Bertz CT molecular complexity index is 946. The Morgan fingerprint density at radius 3 is 2.30 bits per heavy atom. The number of nitrogens with zero attached hydrogens (tertiary/aromatic N) is 1. The predicted octanol–water partition coefficient (Wildman–Crippen LogP) is 2.16. The van der Waals surface area contributed by atoms with Gasteiger partial charge in [-0.3, -0.25) is 4.79 Å². The minimum atomic E-state index is -3.96. The molecule has 0 saturated carbocycles. The van der Waals surface area contributed by atoms with Crippen LogP contribution in [-0.4, -0.2) is 42.8 Å².